The smallest absolute Gasteiger partial charge is 0.255 e. The average molecular weight is 353 g/mol. The molecule has 0 aromatic heterocycles. The largest absolute Gasteiger partial charge is 0.362 e. The van der Waals surface area contributed by atoms with Crippen LogP contribution in [0.15, 0.2) is 24.3 Å². The highest BCUT2D eigenvalue weighted by molar-refractivity contribution is 6.02. The Balaban J connectivity index is 1.34. The van der Waals surface area contributed by atoms with Crippen LogP contribution in [-0.4, -0.2) is 23.5 Å². The lowest BCUT2D eigenvalue weighted by molar-refractivity contribution is -0.132. The highest BCUT2D eigenvalue weighted by Gasteiger charge is 2.55. The topological polar surface area (TPSA) is 70.2 Å². The van der Waals surface area contributed by atoms with E-state index in [1.807, 2.05) is 24.3 Å². The third-order valence-electron chi connectivity index (χ3n) is 7.18. The Morgan fingerprint density at radius 2 is 1.88 bits per heavy atom. The molecule has 5 heteroatoms. The van der Waals surface area contributed by atoms with Gasteiger partial charge in [0, 0.05) is 23.6 Å². The predicted octanol–water partition coefficient (Wildman–Crippen LogP) is 3.03. The van der Waals surface area contributed by atoms with Crippen molar-refractivity contribution in [3.8, 4) is 0 Å². The minimum absolute atomic E-state index is 0.0128. The SMILES string of the molecule is O=C1N[C@@]2(CC3CCC2CC3C(=O)NC2CCCC2)Nc2ccccc21. The summed E-state index contributed by atoms with van der Waals surface area (Å²) in [7, 11) is 0. The summed E-state index contributed by atoms with van der Waals surface area (Å²) in [6.07, 6.45) is 8.62. The van der Waals surface area contributed by atoms with Crippen LogP contribution >= 0.6 is 0 Å². The number of hydrogen-bond acceptors (Lipinski definition) is 3. The zero-order valence-electron chi connectivity index (χ0n) is 15.1. The van der Waals surface area contributed by atoms with Gasteiger partial charge in [-0.1, -0.05) is 25.0 Å². The number of para-hydroxylation sites is 1. The van der Waals surface area contributed by atoms with Gasteiger partial charge in [0.15, 0.2) is 0 Å². The van der Waals surface area contributed by atoms with Crippen molar-refractivity contribution in [2.75, 3.05) is 5.32 Å². The number of amides is 2. The molecule has 1 heterocycles. The second-order valence-electron chi connectivity index (χ2n) is 8.67. The zero-order chi connectivity index (χ0) is 17.7. The molecule has 5 aliphatic rings. The summed E-state index contributed by atoms with van der Waals surface area (Å²) in [5.74, 6) is 1.03. The van der Waals surface area contributed by atoms with Crippen LogP contribution in [0.25, 0.3) is 0 Å². The Morgan fingerprint density at radius 1 is 1.08 bits per heavy atom. The van der Waals surface area contributed by atoms with E-state index in [2.05, 4.69) is 16.0 Å². The predicted molar refractivity (Wildman–Crippen MR) is 99.6 cm³/mol. The highest BCUT2D eigenvalue weighted by Crippen LogP contribution is 2.51. The van der Waals surface area contributed by atoms with Crippen LogP contribution in [0.4, 0.5) is 5.69 Å². The van der Waals surface area contributed by atoms with Crippen molar-refractivity contribution in [3.63, 3.8) is 0 Å². The fourth-order valence-corrected chi connectivity index (χ4v) is 5.84. The van der Waals surface area contributed by atoms with Gasteiger partial charge in [0.05, 0.1) is 5.56 Å². The maximum Gasteiger partial charge on any atom is 0.255 e. The van der Waals surface area contributed by atoms with E-state index in [0.29, 0.717) is 17.9 Å². The Labute approximate surface area is 154 Å². The monoisotopic (exact) mass is 353 g/mol. The third kappa shape index (κ3) is 2.51. The maximum atomic E-state index is 12.9. The molecule has 0 saturated heterocycles. The van der Waals surface area contributed by atoms with Gasteiger partial charge in [0.1, 0.15) is 5.66 Å². The quantitative estimate of drug-likeness (QED) is 0.765. The lowest BCUT2D eigenvalue weighted by atomic mass is 9.58. The maximum absolute atomic E-state index is 12.9. The number of hydrogen-bond donors (Lipinski definition) is 3. The molecule has 138 valence electrons. The molecule has 0 radical (unpaired) electrons. The van der Waals surface area contributed by atoms with Gasteiger partial charge >= 0.3 is 0 Å². The van der Waals surface area contributed by atoms with Crippen molar-refractivity contribution in [2.45, 2.75) is 63.1 Å². The molecule has 3 unspecified atom stereocenters. The minimum Gasteiger partial charge on any atom is -0.362 e. The summed E-state index contributed by atoms with van der Waals surface area (Å²) in [4.78, 5) is 25.5. The lowest BCUT2D eigenvalue weighted by Gasteiger charge is -2.56. The van der Waals surface area contributed by atoms with Crippen molar-refractivity contribution in [2.24, 2.45) is 17.8 Å². The normalized spacial score (nSPS) is 35.7. The van der Waals surface area contributed by atoms with Gasteiger partial charge in [0.25, 0.3) is 5.91 Å². The van der Waals surface area contributed by atoms with Gasteiger partial charge < -0.3 is 16.0 Å². The summed E-state index contributed by atoms with van der Waals surface area (Å²) in [5, 5.41) is 10.2. The highest BCUT2D eigenvalue weighted by atomic mass is 16.2. The van der Waals surface area contributed by atoms with Crippen LogP contribution in [0.2, 0.25) is 0 Å². The van der Waals surface area contributed by atoms with E-state index in [4.69, 9.17) is 0 Å². The van der Waals surface area contributed by atoms with Gasteiger partial charge in [-0.3, -0.25) is 9.59 Å². The standard InChI is InChI=1S/C21H27N3O2/c25-19(22-15-5-1-2-6-15)17-11-14-10-9-13(17)12-21(14)23-18-8-4-3-7-16(18)20(26)24-21/h3-4,7-8,13-15,17,23H,1-2,5-6,9-12H2,(H,22,25)(H,24,26)/t13?,14?,17?,21-/m1/s1. The van der Waals surface area contributed by atoms with Gasteiger partial charge in [-0.25, -0.2) is 0 Å². The van der Waals surface area contributed by atoms with Crippen LogP contribution in [-0.2, 0) is 4.79 Å². The second kappa shape index (κ2) is 6.00. The Kier molecular flexibility index (Phi) is 3.73. The number of nitrogens with one attached hydrogen (secondary N) is 3. The number of anilines is 1. The van der Waals surface area contributed by atoms with Crippen molar-refractivity contribution in [1.29, 1.82) is 0 Å². The van der Waals surface area contributed by atoms with Crippen LogP contribution in [0.5, 0.6) is 0 Å². The van der Waals surface area contributed by atoms with Gasteiger partial charge in [0.2, 0.25) is 5.91 Å². The van der Waals surface area contributed by atoms with E-state index in [0.717, 1.165) is 49.8 Å². The third-order valence-corrected chi connectivity index (χ3v) is 7.18. The molecule has 5 nitrogen and oxygen atoms in total. The van der Waals surface area contributed by atoms with Crippen molar-refractivity contribution in [3.05, 3.63) is 29.8 Å². The molecular weight excluding hydrogens is 326 g/mol. The molecule has 1 aromatic rings. The first-order valence-corrected chi connectivity index (χ1v) is 10.1. The molecule has 1 spiro atoms. The fraction of sp³-hybridized carbons (Fsp3) is 0.619. The van der Waals surface area contributed by atoms with Crippen molar-refractivity contribution >= 4 is 17.5 Å². The van der Waals surface area contributed by atoms with Crippen LogP contribution in [0.3, 0.4) is 0 Å². The zero-order valence-corrected chi connectivity index (χ0v) is 15.1. The summed E-state index contributed by atoms with van der Waals surface area (Å²) < 4.78 is 0. The molecular formula is C21H27N3O2. The van der Waals surface area contributed by atoms with E-state index in [1.54, 1.807) is 0 Å². The van der Waals surface area contributed by atoms with E-state index < -0.39 is 0 Å². The first-order valence-electron chi connectivity index (χ1n) is 10.1. The van der Waals surface area contributed by atoms with Crippen LogP contribution in [0.1, 0.15) is 61.7 Å². The minimum atomic E-state index is -0.376. The molecule has 2 bridgehead atoms. The number of carbonyl (C=O) groups excluding carboxylic acids is 2. The molecule has 1 aliphatic heterocycles. The second-order valence-corrected chi connectivity index (χ2v) is 8.67. The number of benzene rings is 1. The Morgan fingerprint density at radius 3 is 2.65 bits per heavy atom. The van der Waals surface area contributed by atoms with Crippen molar-refractivity contribution in [1.82, 2.24) is 10.6 Å². The number of carbonyl (C=O) groups is 2. The average Bonchev–Trinajstić information content (AvgIpc) is 3.15. The summed E-state index contributed by atoms with van der Waals surface area (Å²) in [6.45, 7) is 0. The van der Waals surface area contributed by atoms with Gasteiger partial charge in [-0.15, -0.1) is 0 Å². The molecule has 6 rings (SSSR count). The van der Waals surface area contributed by atoms with E-state index in [9.17, 15) is 9.59 Å². The summed E-state index contributed by atoms with van der Waals surface area (Å²) in [6, 6.07) is 8.11. The molecule has 1 aromatic carbocycles. The first-order chi connectivity index (χ1) is 12.6. The summed E-state index contributed by atoms with van der Waals surface area (Å²) >= 11 is 0. The van der Waals surface area contributed by atoms with E-state index in [-0.39, 0.29) is 23.4 Å². The molecule has 2 amide bonds. The summed E-state index contributed by atoms with van der Waals surface area (Å²) in [5.41, 5.74) is 1.27. The van der Waals surface area contributed by atoms with Gasteiger partial charge in [-0.05, 0) is 56.6 Å². The Bertz CT molecular complexity index is 743. The van der Waals surface area contributed by atoms with E-state index in [1.165, 1.54) is 12.8 Å². The molecule has 4 fully saturated rings. The molecule has 3 N–H and O–H groups in total. The molecule has 26 heavy (non-hydrogen) atoms. The number of rotatable bonds is 2. The Hall–Kier alpha value is -2.04. The first kappa shape index (κ1) is 16.2. The van der Waals surface area contributed by atoms with Crippen molar-refractivity contribution < 1.29 is 9.59 Å². The molecule has 4 saturated carbocycles. The lowest BCUT2D eigenvalue weighted by Crippen LogP contribution is -2.68. The van der Waals surface area contributed by atoms with Gasteiger partial charge in [-0.2, -0.15) is 0 Å². The van der Waals surface area contributed by atoms with Crippen LogP contribution < -0.4 is 16.0 Å². The van der Waals surface area contributed by atoms with Crippen LogP contribution in [0, 0.1) is 17.8 Å². The number of fused-ring (bicyclic) bond motifs is 3. The fourth-order valence-electron chi connectivity index (χ4n) is 5.84. The molecule has 4 aliphatic carbocycles. The molecule has 4 atom stereocenters. The van der Waals surface area contributed by atoms with E-state index >= 15 is 0 Å².